The normalized spacial score (nSPS) is 13.5. The number of aromatic carboxylic acids is 2. The second-order valence-electron chi connectivity index (χ2n) is 4.00. The number of carbonyl (C=O) groups is 2. The van der Waals surface area contributed by atoms with E-state index in [1.165, 1.54) is 22.7 Å². The highest BCUT2D eigenvalue weighted by Gasteiger charge is 2.23. The molecular formula is C12H8O4S3. The highest BCUT2D eigenvalue weighted by molar-refractivity contribution is 7.98. The zero-order chi connectivity index (χ0) is 13.6. The Hall–Kier alpha value is -1.31. The fraction of sp³-hybridized carbons (Fsp3) is 0.167. The van der Waals surface area contributed by atoms with Crippen molar-refractivity contribution in [1.29, 1.82) is 0 Å². The first-order valence-corrected chi connectivity index (χ1v) is 8.15. The molecule has 2 aromatic heterocycles. The molecule has 0 atom stereocenters. The standard InChI is InChI=1S/C12H8O4S3/c13-11(14)7-1-5-6-2-8(12(15)16)19-10(6)4-17-3-9(5)18-7/h1-2H,3-4H2,(H,13,14)(H,15,16). The summed E-state index contributed by atoms with van der Waals surface area (Å²) in [6.45, 7) is 0. The van der Waals surface area contributed by atoms with Crippen LogP contribution in [0.2, 0.25) is 0 Å². The van der Waals surface area contributed by atoms with Crippen molar-refractivity contribution in [3.05, 3.63) is 31.6 Å². The second kappa shape index (κ2) is 4.66. The SMILES string of the molecule is O=C(O)c1cc2c(s1)CSCc1sc(C(=O)O)cc1-2. The van der Waals surface area contributed by atoms with Gasteiger partial charge in [0.2, 0.25) is 0 Å². The number of carboxylic acids is 2. The van der Waals surface area contributed by atoms with Gasteiger partial charge in [-0.25, -0.2) is 9.59 Å². The van der Waals surface area contributed by atoms with Crippen LogP contribution in [0.15, 0.2) is 12.1 Å². The third kappa shape index (κ3) is 2.18. The van der Waals surface area contributed by atoms with Crippen LogP contribution in [0.4, 0.5) is 0 Å². The number of rotatable bonds is 2. The van der Waals surface area contributed by atoms with Crippen molar-refractivity contribution < 1.29 is 19.8 Å². The Labute approximate surface area is 120 Å². The largest absolute Gasteiger partial charge is 0.477 e. The summed E-state index contributed by atoms with van der Waals surface area (Å²) in [5.74, 6) is -0.314. The Balaban J connectivity index is 2.17. The lowest BCUT2D eigenvalue weighted by Crippen LogP contribution is -1.90. The van der Waals surface area contributed by atoms with Gasteiger partial charge in [0.25, 0.3) is 0 Å². The summed E-state index contributed by atoms with van der Waals surface area (Å²) >= 11 is 4.24. The first-order valence-electron chi connectivity index (χ1n) is 5.36. The first kappa shape index (κ1) is 12.7. The summed E-state index contributed by atoms with van der Waals surface area (Å²) < 4.78 is 0. The fourth-order valence-electron chi connectivity index (χ4n) is 1.98. The molecule has 4 nitrogen and oxygen atoms in total. The summed E-state index contributed by atoms with van der Waals surface area (Å²) in [5.41, 5.74) is 1.76. The van der Waals surface area contributed by atoms with Gasteiger partial charge < -0.3 is 10.2 Å². The number of thioether (sulfide) groups is 1. The van der Waals surface area contributed by atoms with E-state index in [2.05, 4.69) is 0 Å². The molecule has 0 amide bonds. The molecular weight excluding hydrogens is 304 g/mol. The molecule has 0 saturated heterocycles. The maximum absolute atomic E-state index is 11.0. The summed E-state index contributed by atoms with van der Waals surface area (Å²) in [4.78, 5) is 24.7. The van der Waals surface area contributed by atoms with E-state index in [1.807, 2.05) is 0 Å². The van der Waals surface area contributed by atoms with Crippen LogP contribution in [0.3, 0.4) is 0 Å². The molecule has 0 bridgehead atoms. The molecule has 1 aliphatic rings. The molecule has 0 aliphatic carbocycles. The van der Waals surface area contributed by atoms with Crippen LogP contribution < -0.4 is 0 Å². The minimum absolute atomic E-state index is 0.307. The highest BCUT2D eigenvalue weighted by Crippen LogP contribution is 2.44. The molecule has 3 rings (SSSR count). The van der Waals surface area contributed by atoms with Gasteiger partial charge in [-0.15, -0.1) is 22.7 Å². The minimum Gasteiger partial charge on any atom is -0.477 e. The van der Waals surface area contributed by atoms with E-state index in [0.717, 1.165) is 32.4 Å². The van der Waals surface area contributed by atoms with Crippen LogP contribution in [-0.4, -0.2) is 22.2 Å². The van der Waals surface area contributed by atoms with Crippen LogP contribution in [0.5, 0.6) is 0 Å². The van der Waals surface area contributed by atoms with Crippen molar-refractivity contribution in [1.82, 2.24) is 0 Å². The Morgan fingerprint density at radius 1 is 0.895 bits per heavy atom. The quantitative estimate of drug-likeness (QED) is 0.886. The average Bonchev–Trinajstić information content (AvgIpc) is 2.91. The van der Waals surface area contributed by atoms with Crippen molar-refractivity contribution in [3.8, 4) is 11.1 Å². The third-order valence-electron chi connectivity index (χ3n) is 2.80. The highest BCUT2D eigenvalue weighted by atomic mass is 32.2. The van der Waals surface area contributed by atoms with Crippen LogP contribution in [0.1, 0.15) is 29.1 Å². The molecule has 0 radical (unpaired) electrons. The van der Waals surface area contributed by atoms with Gasteiger partial charge in [-0.2, -0.15) is 11.8 Å². The van der Waals surface area contributed by atoms with E-state index < -0.39 is 11.9 Å². The van der Waals surface area contributed by atoms with Crippen molar-refractivity contribution >= 4 is 46.4 Å². The van der Waals surface area contributed by atoms with Crippen LogP contribution in [0.25, 0.3) is 11.1 Å². The first-order chi connectivity index (χ1) is 9.06. The monoisotopic (exact) mass is 312 g/mol. The maximum atomic E-state index is 11.0. The van der Waals surface area contributed by atoms with Gasteiger partial charge in [-0.05, 0) is 23.3 Å². The van der Waals surface area contributed by atoms with Crippen molar-refractivity contribution in [2.45, 2.75) is 11.5 Å². The number of hydrogen-bond acceptors (Lipinski definition) is 5. The van der Waals surface area contributed by atoms with E-state index in [1.54, 1.807) is 23.9 Å². The molecule has 0 saturated carbocycles. The molecule has 98 valence electrons. The van der Waals surface area contributed by atoms with Gasteiger partial charge in [0.05, 0.1) is 0 Å². The number of hydrogen-bond donors (Lipinski definition) is 2. The molecule has 0 unspecified atom stereocenters. The number of fused-ring (bicyclic) bond motifs is 3. The van der Waals surface area contributed by atoms with Gasteiger partial charge in [-0.1, -0.05) is 0 Å². The molecule has 7 heteroatoms. The average molecular weight is 312 g/mol. The van der Waals surface area contributed by atoms with Gasteiger partial charge >= 0.3 is 11.9 Å². The molecule has 0 fully saturated rings. The minimum atomic E-state index is -0.932. The van der Waals surface area contributed by atoms with E-state index in [-0.39, 0.29) is 0 Å². The lowest BCUT2D eigenvalue weighted by Gasteiger charge is -1.96. The Kier molecular flexibility index (Phi) is 3.12. The third-order valence-corrected chi connectivity index (χ3v) is 6.39. The molecule has 0 spiro atoms. The predicted molar refractivity (Wildman–Crippen MR) is 76.5 cm³/mol. The molecule has 1 aliphatic heterocycles. The Bertz CT molecular complexity index is 625. The zero-order valence-corrected chi connectivity index (χ0v) is 12.0. The Morgan fingerprint density at radius 3 is 1.68 bits per heavy atom. The molecule has 2 aromatic rings. The van der Waals surface area contributed by atoms with Crippen molar-refractivity contribution in [2.24, 2.45) is 0 Å². The summed E-state index contributed by atoms with van der Waals surface area (Å²) in [6.07, 6.45) is 0. The second-order valence-corrected chi connectivity index (χ2v) is 7.26. The van der Waals surface area contributed by atoms with E-state index in [9.17, 15) is 9.59 Å². The Morgan fingerprint density at radius 2 is 1.32 bits per heavy atom. The lowest BCUT2D eigenvalue weighted by atomic mass is 10.1. The summed E-state index contributed by atoms with van der Waals surface area (Å²) in [6, 6.07) is 3.32. The summed E-state index contributed by atoms with van der Waals surface area (Å²) in [5, 5.41) is 18.1. The molecule has 0 aromatic carbocycles. The van der Waals surface area contributed by atoms with E-state index >= 15 is 0 Å². The fourth-order valence-corrected chi connectivity index (χ4v) is 5.35. The van der Waals surface area contributed by atoms with Gasteiger partial charge in [0, 0.05) is 21.3 Å². The van der Waals surface area contributed by atoms with Gasteiger partial charge in [0.1, 0.15) is 9.75 Å². The topological polar surface area (TPSA) is 74.6 Å². The van der Waals surface area contributed by atoms with E-state index in [4.69, 9.17) is 10.2 Å². The summed E-state index contributed by atoms with van der Waals surface area (Å²) in [7, 11) is 0. The molecule has 19 heavy (non-hydrogen) atoms. The lowest BCUT2D eigenvalue weighted by molar-refractivity contribution is 0.0691. The van der Waals surface area contributed by atoms with Gasteiger partial charge in [-0.3, -0.25) is 0 Å². The van der Waals surface area contributed by atoms with E-state index in [0.29, 0.717) is 9.75 Å². The zero-order valence-electron chi connectivity index (χ0n) is 9.50. The van der Waals surface area contributed by atoms with Crippen LogP contribution in [-0.2, 0) is 11.5 Å². The van der Waals surface area contributed by atoms with Crippen LogP contribution in [0, 0.1) is 0 Å². The van der Waals surface area contributed by atoms with Gasteiger partial charge in [0.15, 0.2) is 0 Å². The number of carboxylic acid groups (broad SMARTS) is 2. The molecule has 2 N–H and O–H groups in total. The smallest absolute Gasteiger partial charge is 0.345 e. The van der Waals surface area contributed by atoms with Crippen LogP contribution >= 0.6 is 34.4 Å². The van der Waals surface area contributed by atoms with Crippen molar-refractivity contribution in [3.63, 3.8) is 0 Å². The number of thiophene rings is 2. The predicted octanol–water partition coefficient (Wildman–Crippen LogP) is 3.62. The van der Waals surface area contributed by atoms with Crippen molar-refractivity contribution in [2.75, 3.05) is 0 Å². The molecule has 3 heterocycles. The maximum Gasteiger partial charge on any atom is 0.345 e.